The van der Waals surface area contributed by atoms with Crippen LogP contribution < -0.4 is 5.32 Å². The standard InChI is InChI=1S/C18H23F2N3O/c1-5-13(6-2)18(24)22-11(3)15-10-21-23(12(15)4)17-8-7-14(19)9-16(17)20/h7-11,13H,5-6H2,1-4H3,(H,22,24). The maximum atomic E-state index is 14.0. The predicted octanol–water partition coefficient (Wildman–Crippen LogP) is 4.07. The average Bonchev–Trinajstić information content (AvgIpc) is 2.90. The maximum absolute atomic E-state index is 14.0. The van der Waals surface area contributed by atoms with Crippen molar-refractivity contribution in [3.05, 3.63) is 47.3 Å². The van der Waals surface area contributed by atoms with Gasteiger partial charge in [-0.05, 0) is 38.8 Å². The van der Waals surface area contributed by atoms with Crippen LogP contribution in [0.5, 0.6) is 0 Å². The molecule has 0 bridgehead atoms. The lowest BCUT2D eigenvalue weighted by atomic mass is 10.0. The molecule has 0 radical (unpaired) electrons. The van der Waals surface area contributed by atoms with Crippen LogP contribution in [0.2, 0.25) is 0 Å². The summed E-state index contributed by atoms with van der Waals surface area (Å²) in [5, 5.41) is 7.17. The number of amides is 1. The molecule has 1 atom stereocenters. The van der Waals surface area contributed by atoms with Gasteiger partial charge in [0.25, 0.3) is 0 Å². The Balaban J connectivity index is 2.24. The van der Waals surface area contributed by atoms with Gasteiger partial charge in [-0.15, -0.1) is 0 Å². The number of carbonyl (C=O) groups excluding carboxylic acids is 1. The van der Waals surface area contributed by atoms with Crippen molar-refractivity contribution in [2.24, 2.45) is 5.92 Å². The van der Waals surface area contributed by atoms with Gasteiger partial charge in [0.15, 0.2) is 5.82 Å². The van der Waals surface area contributed by atoms with Gasteiger partial charge >= 0.3 is 0 Å². The molecule has 1 unspecified atom stereocenters. The number of rotatable bonds is 6. The third-order valence-electron chi connectivity index (χ3n) is 4.37. The van der Waals surface area contributed by atoms with Crippen LogP contribution in [0, 0.1) is 24.5 Å². The Kier molecular flexibility index (Phi) is 5.70. The lowest BCUT2D eigenvalue weighted by molar-refractivity contribution is -0.125. The first-order valence-corrected chi connectivity index (χ1v) is 8.19. The number of halogens is 2. The fourth-order valence-electron chi connectivity index (χ4n) is 2.81. The fraction of sp³-hybridized carbons (Fsp3) is 0.444. The summed E-state index contributed by atoms with van der Waals surface area (Å²) in [6.07, 6.45) is 3.18. The van der Waals surface area contributed by atoms with E-state index in [1.54, 1.807) is 13.1 Å². The highest BCUT2D eigenvalue weighted by Crippen LogP contribution is 2.23. The molecule has 0 spiro atoms. The minimum absolute atomic E-state index is 0.00705. The summed E-state index contributed by atoms with van der Waals surface area (Å²) in [6, 6.07) is 3.13. The van der Waals surface area contributed by atoms with Crippen molar-refractivity contribution >= 4 is 5.91 Å². The van der Waals surface area contributed by atoms with Gasteiger partial charge in [-0.25, -0.2) is 13.5 Å². The van der Waals surface area contributed by atoms with Crippen molar-refractivity contribution in [1.29, 1.82) is 0 Å². The zero-order valence-corrected chi connectivity index (χ0v) is 14.4. The van der Waals surface area contributed by atoms with Gasteiger partial charge in [0.05, 0.1) is 12.2 Å². The molecule has 0 fully saturated rings. The smallest absolute Gasteiger partial charge is 0.223 e. The molecule has 1 aromatic carbocycles. The summed E-state index contributed by atoms with van der Waals surface area (Å²) in [5.41, 5.74) is 1.69. The van der Waals surface area contributed by atoms with E-state index in [2.05, 4.69) is 10.4 Å². The maximum Gasteiger partial charge on any atom is 0.223 e. The highest BCUT2D eigenvalue weighted by Gasteiger charge is 2.21. The van der Waals surface area contributed by atoms with E-state index in [0.29, 0.717) is 5.69 Å². The van der Waals surface area contributed by atoms with Crippen molar-refractivity contribution in [1.82, 2.24) is 15.1 Å². The van der Waals surface area contributed by atoms with Crippen molar-refractivity contribution in [2.75, 3.05) is 0 Å². The first-order chi connectivity index (χ1) is 11.4. The molecule has 0 aliphatic carbocycles. The summed E-state index contributed by atoms with van der Waals surface area (Å²) in [7, 11) is 0. The van der Waals surface area contributed by atoms with E-state index >= 15 is 0 Å². The molecule has 2 aromatic rings. The van der Waals surface area contributed by atoms with E-state index in [4.69, 9.17) is 0 Å². The molecule has 0 aliphatic rings. The van der Waals surface area contributed by atoms with E-state index in [1.807, 2.05) is 20.8 Å². The summed E-state index contributed by atoms with van der Waals surface area (Å²) < 4.78 is 28.5. The number of benzene rings is 1. The van der Waals surface area contributed by atoms with Crippen molar-refractivity contribution < 1.29 is 13.6 Å². The molecule has 0 saturated heterocycles. The van der Waals surface area contributed by atoms with E-state index in [9.17, 15) is 13.6 Å². The zero-order chi connectivity index (χ0) is 17.9. The molecule has 0 saturated carbocycles. The lowest BCUT2D eigenvalue weighted by Crippen LogP contribution is -2.32. The van der Waals surface area contributed by atoms with Crippen LogP contribution in [0.25, 0.3) is 5.69 Å². The van der Waals surface area contributed by atoms with Crippen LogP contribution in [-0.2, 0) is 4.79 Å². The van der Waals surface area contributed by atoms with Crippen LogP contribution >= 0.6 is 0 Å². The monoisotopic (exact) mass is 335 g/mol. The summed E-state index contributed by atoms with van der Waals surface area (Å²) >= 11 is 0. The largest absolute Gasteiger partial charge is 0.349 e. The molecule has 24 heavy (non-hydrogen) atoms. The Bertz CT molecular complexity index is 723. The molecule has 130 valence electrons. The SMILES string of the molecule is CCC(CC)C(=O)NC(C)c1cnn(-c2ccc(F)cc2F)c1C. The van der Waals surface area contributed by atoms with Gasteiger partial charge in [0.1, 0.15) is 11.5 Å². The quantitative estimate of drug-likeness (QED) is 0.865. The van der Waals surface area contributed by atoms with Gasteiger partial charge in [-0.1, -0.05) is 13.8 Å². The molecule has 1 N–H and O–H groups in total. The number of hydrogen-bond donors (Lipinski definition) is 1. The first kappa shape index (κ1) is 18.1. The Labute approximate surface area is 140 Å². The highest BCUT2D eigenvalue weighted by atomic mass is 19.1. The lowest BCUT2D eigenvalue weighted by Gasteiger charge is -2.18. The Morgan fingerprint density at radius 1 is 1.29 bits per heavy atom. The van der Waals surface area contributed by atoms with E-state index in [1.165, 1.54) is 16.8 Å². The Morgan fingerprint density at radius 3 is 2.54 bits per heavy atom. The summed E-state index contributed by atoms with van der Waals surface area (Å²) in [6.45, 7) is 7.64. The van der Waals surface area contributed by atoms with Crippen molar-refractivity contribution in [3.8, 4) is 5.69 Å². The Morgan fingerprint density at radius 2 is 1.96 bits per heavy atom. The van der Waals surface area contributed by atoms with Crippen LogP contribution in [0.1, 0.15) is 50.9 Å². The molecule has 1 heterocycles. The Hall–Kier alpha value is -2.24. The van der Waals surface area contributed by atoms with Gasteiger partial charge in [0.2, 0.25) is 5.91 Å². The predicted molar refractivity (Wildman–Crippen MR) is 88.8 cm³/mol. The van der Waals surface area contributed by atoms with E-state index < -0.39 is 11.6 Å². The van der Waals surface area contributed by atoms with Crippen LogP contribution in [0.4, 0.5) is 8.78 Å². The van der Waals surface area contributed by atoms with Gasteiger partial charge in [-0.2, -0.15) is 5.10 Å². The summed E-state index contributed by atoms with van der Waals surface area (Å²) in [5.74, 6) is -1.32. The van der Waals surface area contributed by atoms with Crippen molar-refractivity contribution in [3.63, 3.8) is 0 Å². The van der Waals surface area contributed by atoms with Gasteiger partial charge in [0, 0.05) is 23.2 Å². The molecule has 1 amide bonds. The molecule has 4 nitrogen and oxygen atoms in total. The van der Waals surface area contributed by atoms with Crippen molar-refractivity contribution in [2.45, 2.75) is 46.6 Å². The molecule has 0 aliphatic heterocycles. The number of hydrogen-bond acceptors (Lipinski definition) is 2. The molecule has 6 heteroatoms. The van der Waals surface area contributed by atoms with Gasteiger partial charge in [-0.3, -0.25) is 4.79 Å². The molecule has 2 rings (SSSR count). The fourth-order valence-corrected chi connectivity index (χ4v) is 2.81. The second kappa shape index (κ2) is 7.55. The minimum Gasteiger partial charge on any atom is -0.349 e. The molecular weight excluding hydrogens is 312 g/mol. The van der Waals surface area contributed by atoms with Crippen LogP contribution in [0.3, 0.4) is 0 Å². The number of nitrogens with zero attached hydrogens (tertiary/aromatic N) is 2. The molecule has 1 aromatic heterocycles. The number of nitrogens with one attached hydrogen (secondary N) is 1. The highest BCUT2D eigenvalue weighted by molar-refractivity contribution is 5.79. The first-order valence-electron chi connectivity index (χ1n) is 8.19. The normalized spacial score (nSPS) is 12.5. The third kappa shape index (κ3) is 3.63. The molecular formula is C18H23F2N3O. The summed E-state index contributed by atoms with van der Waals surface area (Å²) in [4.78, 5) is 12.2. The second-order valence-electron chi connectivity index (χ2n) is 5.94. The van der Waals surface area contributed by atoms with Gasteiger partial charge < -0.3 is 5.32 Å². The third-order valence-corrected chi connectivity index (χ3v) is 4.37. The van der Waals surface area contributed by atoms with Crippen LogP contribution in [0.15, 0.2) is 24.4 Å². The number of aromatic nitrogens is 2. The van der Waals surface area contributed by atoms with E-state index in [-0.39, 0.29) is 23.6 Å². The van der Waals surface area contributed by atoms with Crippen LogP contribution in [-0.4, -0.2) is 15.7 Å². The topological polar surface area (TPSA) is 46.9 Å². The zero-order valence-electron chi connectivity index (χ0n) is 14.4. The average molecular weight is 335 g/mol. The van der Waals surface area contributed by atoms with E-state index in [0.717, 1.165) is 24.5 Å². The number of carbonyl (C=O) groups is 1. The second-order valence-corrected chi connectivity index (χ2v) is 5.94. The minimum atomic E-state index is -0.679.